The van der Waals surface area contributed by atoms with Crippen LogP contribution < -0.4 is 15.4 Å². The first-order valence-electron chi connectivity index (χ1n) is 9.83. The number of aromatic nitrogens is 1. The van der Waals surface area contributed by atoms with E-state index in [9.17, 15) is 14.4 Å². The van der Waals surface area contributed by atoms with Crippen molar-refractivity contribution >= 4 is 28.7 Å². The SMILES string of the molecule is COc1ccc2c(c1)c(C(=O)NC(C)C(=O)NCC(=O)O)c(C)n2Cc1ccccc1. The fourth-order valence-electron chi connectivity index (χ4n) is 3.49. The Hall–Kier alpha value is -3.81. The Balaban J connectivity index is 1.96. The zero-order valence-electron chi connectivity index (χ0n) is 17.6. The van der Waals surface area contributed by atoms with Crippen LogP contribution in [0.3, 0.4) is 0 Å². The molecule has 0 aliphatic rings. The van der Waals surface area contributed by atoms with Crippen molar-refractivity contribution in [3.63, 3.8) is 0 Å². The molecule has 3 N–H and O–H groups in total. The molecular formula is C23H25N3O5. The van der Waals surface area contributed by atoms with Gasteiger partial charge in [-0.1, -0.05) is 30.3 Å². The summed E-state index contributed by atoms with van der Waals surface area (Å²) < 4.78 is 7.39. The van der Waals surface area contributed by atoms with E-state index in [2.05, 4.69) is 10.6 Å². The lowest BCUT2D eigenvalue weighted by molar-refractivity contribution is -0.138. The van der Waals surface area contributed by atoms with Crippen molar-refractivity contribution < 1.29 is 24.2 Å². The highest BCUT2D eigenvalue weighted by Crippen LogP contribution is 2.30. The molecule has 31 heavy (non-hydrogen) atoms. The molecule has 1 atom stereocenters. The average molecular weight is 423 g/mol. The fraction of sp³-hybridized carbons (Fsp3) is 0.261. The van der Waals surface area contributed by atoms with Crippen LogP contribution in [-0.4, -0.2) is 47.2 Å². The minimum atomic E-state index is -1.15. The van der Waals surface area contributed by atoms with Gasteiger partial charge in [0.15, 0.2) is 0 Å². The molecule has 1 aromatic heterocycles. The molecule has 162 valence electrons. The Labute approximate surface area is 179 Å². The van der Waals surface area contributed by atoms with Gasteiger partial charge in [0.25, 0.3) is 5.91 Å². The minimum Gasteiger partial charge on any atom is -0.497 e. The van der Waals surface area contributed by atoms with Crippen molar-refractivity contribution in [2.45, 2.75) is 26.4 Å². The number of carboxylic acids is 1. The van der Waals surface area contributed by atoms with E-state index in [-0.39, 0.29) is 0 Å². The number of nitrogens with zero attached hydrogens (tertiary/aromatic N) is 1. The Morgan fingerprint density at radius 3 is 2.48 bits per heavy atom. The standard InChI is InChI=1S/C23H25N3O5/c1-14(22(29)24-12-20(27)28)25-23(30)21-15(2)26(13-16-7-5-4-6-8-16)19-10-9-17(31-3)11-18(19)21/h4-11,14H,12-13H2,1-3H3,(H,24,29)(H,25,30)(H,27,28). The van der Waals surface area contributed by atoms with Crippen molar-refractivity contribution in [1.82, 2.24) is 15.2 Å². The summed E-state index contributed by atoms with van der Waals surface area (Å²) in [7, 11) is 1.56. The molecule has 8 heteroatoms. The summed E-state index contributed by atoms with van der Waals surface area (Å²) in [5.41, 5.74) is 3.16. The number of methoxy groups -OCH3 is 1. The van der Waals surface area contributed by atoms with Crippen molar-refractivity contribution in [3.05, 3.63) is 65.4 Å². The molecule has 1 unspecified atom stereocenters. The topological polar surface area (TPSA) is 110 Å². The molecule has 1 heterocycles. The third kappa shape index (κ3) is 4.85. The Morgan fingerprint density at radius 2 is 1.84 bits per heavy atom. The van der Waals surface area contributed by atoms with E-state index in [1.165, 1.54) is 6.92 Å². The van der Waals surface area contributed by atoms with E-state index in [1.807, 2.05) is 54.0 Å². The number of ether oxygens (including phenoxy) is 1. The van der Waals surface area contributed by atoms with Crippen molar-refractivity contribution in [2.24, 2.45) is 0 Å². The van der Waals surface area contributed by atoms with Crippen molar-refractivity contribution in [3.8, 4) is 5.75 Å². The average Bonchev–Trinajstić information content (AvgIpc) is 3.03. The second kappa shape index (κ2) is 9.34. The van der Waals surface area contributed by atoms with E-state index in [4.69, 9.17) is 9.84 Å². The summed E-state index contributed by atoms with van der Waals surface area (Å²) in [6.45, 7) is 3.44. The number of fused-ring (bicyclic) bond motifs is 1. The second-order valence-electron chi connectivity index (χ2n) is 7.22. The van der Waals surface area contributed by atoms with Crippen molar-refractivity contribution in [2.75, 3.05) is 13.7 Å². The predicted molar refractivity (Wildman–Crippen MR) is 116 cm³/mol. The number of amides is 2. The molecular weight excluding hydrogens is 398 g/mol. The number of hydrogen-bond donors (Lipinski definition) is 3. The summed E-state index contributed by atoms with van der Waals surface area (Å²) >= 11 is 0. The van der Waals surface area contributed by atoms with Crippen LogP contribution in [0.25, 0.3) is 10.9 Å². The molecule has 3 aromatic rings. The summed E-state index contributed by atoms with van der Waals surface area (Å²) in [5.74, 6) is -1.52. The van der Waals surface area contributed by atoms with Crippen molar-refractivity contribution in [1.29, 1.82) is 0 Å². The highest BCUT2D eigenvalue weighted by molar-refractivity contribution is 6.09. The van der Waals surface area contributed by atoms with Gasteiger partial charge in [-0.15, -0.1) is 0 Å². The number of rotatable bonds is 8. The molecule has 2 amide bonds. The van der Waals surface area contributed by atoms with E-state index < -0.39 is 30.4 Å². The molecule has 2 aromatic carbocycles. The van der Waals surface area contributed by atoms with Gasteiger partial charge in [-0.05, 0) is 37.6 Å². The third-order valence-corrected chi connectivity index (χ3v) is 5.10. The zero-order chi connectivity index (χ0) is 22.5. The van der Waals surface area contributed by atoms with Crippen LogP contribution in [0, 0.1) is 6.92 Å². The number of nitrogens with one attached hydrogen (secondary N) is 2. The molecule has 0 radical (unpaired) electrons. The molecule has 8 nitrogen and oxygen atoms in total. The Morgan fingerprint density at radius 1 is 1.13 bits per heavy atom. The van der Waals surface area contributed by atoms with Crippen LogP contribution in [0.2, 0.25) is 0 Å². The Bertz CT molecular complexity index is 1120. The van der Waals surface area contributed by atoms with Crippen LogP contribution in [0.4, 0.5) is 0 Å². The number of carboxylic acid groups (broad SMARTS) is 1. The van der Waals surface area contributed by atoms with E-state index in [1.54, 1.807) is 13.2 Å². The Kier molecular flexibility index (Phi) is 6.59. The first kappa shape index (κ1) is 21.9. The molecule has 0 aliphatic carbocycles. The maximum absolute atomic E-state index is 13.1. The first-order chi connectivity index (χ1) is 14.8. The van der Waals surface area contributed by atoms with Crippen LogP contribution in [0.1, 0.15) is 28.5 Å². The predicted octanol–water partition coefficient (Wildman–Crippen LogP) is 2.33. The van der Waals surface area contributed by atoms with Gasteiger partial charge in [-0.3, -0.25) is 14.4 Å². The van der Waals surface area contributed by atoms with Gasteiger partial charge in [0, 0.05) is 23.1 Å². The van der Waals surface area contributed by atoms with Gasteiger partial charge in [0.05, 0.1) is 12.7 Å². The van der Waals surface area contributed by atoms with E-state index >= 15 is 0 Å². The number of carbonyl (C=O) groups excluding carboxylic acids is 2. The van der Waals surface area contributed by atoms with Gasteiger partial charge in [0.2, 0.25) is 5.91 Å². The normalized spacial score (nSPS) is 11.7. The molecule has 0 spiro atoms. The van der Waals surface area contributed by atoms with E-state index in [0.717, 1.165) is 16.8 Å². The fourth-order valence-corrected chi connectivity index (χ4v) is 3.49. The molecule has 0 bridgehead atoms. The van der Waals surface area contributed by atoms with Crippen LogP contribution in [0.5, 0.6) is 5.75 Å². The maximum atomic E-state index is 13.1. The molecule has 3 rings (SSSR count). The highest BCUT2D eigenvalue weighted by Gasteiger charge is 2.24. The molecule has 0 aliphatic heterocycles. The molecule has 0 saturated heterocycles. The van der Waals surface area contributed by atoms with Crippen LogP contribution in [-0.2, 0) is 16.1 Å². The van der Waals surface area contributed by atoms with Crippen LogP contribution >= 0.6 is 0 Å². The number of hydrogen-bond acceptors (Lipinski definition) is 4. The van der Waals surface area contributed by atoms with Gasteiger partial charge in [0.1, 0.15) is 18.3 Å². The maximum Gasteiger partial charge on any atom is 0.322 e. The monoisotopic (exact) mass is 423 g/mol. The number of benzene rings is 2. The number of aliphatic carboxylic acids is 1. The first-order valence-corrected chi connectivity index (χ1v) is 9.83. The van der Waals surface area contributed by atoms with Gasteiger partial charge in [-0.25, -0.2) is 0 Å². The quantitative estimate of drug-likeness (QED) is 0.515. The smallest absolute Gasteiger partial charge is 0.322 e. The third-order valence-electron chi connectivity index (χ3n) is 5.10. The summed E-state index contributed by atoms with van der Waals surface area (Å²) in [4.78, 5) is 35.9. The lowest BCUT2D eigenvalue weighted by Gasteiger charge is -2.14. The van der Waals surface area contributed by atoms with Gasteiger partial charge < -0.3 is 25.0 Å². The number of carbonyl (C=O) groups is 3. The minimum absolute atomic E-state index is 0.416. The lowest BCUT2D eigenvalue weighted by atomic mass is 10.1. The summed E-state index contributed by atoms with van der Waals surface area (Å²) in [5, 5.41) is 14.4. The zero-order valence-corrected chi connectivity index (χ0v) is 17.6. The summed E-state index contributed by atoms with van der Waals surface area (Å²) in [6.07, 6.45) is 0. The van der Waals surface area contributed by atoms with E-state index in [0.29, 0.717) is 23.2 Å². The lowest BCUT2D eigenvalue weighted by Crippen LogP contribution is -2.46. The molecule has 0 saturated carbocycles. The van der Waals surface area contributed by atoms with Gasteiger partial charge >= 0.3 is 5.97 Å². The van der Waals surface area contributed by atoms with Gasteiger partial charge in [-0.2, -0.15) is 0 Å². The molecule has 0 fully saturated rings. The highest BCUT2D eigenvalue weighted by atomic mass is 16.5. The second-order valence-corrected chi connectivity index (χ2v) is 7.22. The largest absolute Gasteiger partial charge is 0.497 e. The van der Waals surface area contributed by atoms with Crippen LogP contribution in [0.15, 0.2) is 48.5 Å². The summed E-state index contributed by atoms with van der Waals surface area (Å²) in [6, 6.07) is 14.6.